The van der Waals surface area contributed by atoms with Crippen LogP contribution in [0.3, 0.4) is 0 Å². The Kier molecular flexibility index (Phi) is 3.08. The van der Waals surface area contributed by atoms with Gasteiger partial charge in [-0.05, 0) is 43.2 Å². The Bertz CT molecular complexity index is 454. The van der Waals surface area contributed by atoms with Crippen molar-refractivity contribution in [2.24, 2.45) is 5.92 Å². The van der Waals surface area contributed by atoms with Crippen molar-refractivity contribution >= 4 is 5.91 Å². The number of hydrogen-bond donors (Lipinski definition) is 2. The smallest absolute Gasteiger partial charge is 0.237 e. The molecule has 1 aliphatic carbocycles. The first kappa shape index (κ1) is 11.7. The van der Waals surface area contributed by atoms with Crippen LogP contribution in [-0.4, -0.2) is 18.0 Å². The van der Waals surface area contributed by atoms with Gasteiger partial charge < -0.3 is 10.6 Å². The normalized spacial score (nSPS) is 24.2. The molecule has 0 spiro atoms. The fraction of sp³-hybridized carbons (Fsp3) is 0.533. The molecule has 2 aliphatic rings. The quantitative estimate of drug-likeness (QED) is 0.848. The van der Waals surface area contributed by atoms with Crippen LogP contribution in [0.25, 0.3) is 0 Å². The molecule has 18 heavy (non-hydrogen) atoms. The van der Waals surface area contributed by atoms with Gasteiger partial charge in [0.2, 0.25) is 5.91 Å². The first-order valence-corrected chi connectivity index (χ1v) is 6.84. The zero-order valence-corrected chi connectivity index (χ0v) is 10.8. The third-order valence-electron chi connectivity index (χ3n) is 4.10. The molecule has 2 N–H and O–H groups in total. The lowest BCUT2D eigenvalue weighted by molar-refractivity contribution is -0.124. The summed E-state index contributed by atoms with van der Waals surface area (Å²) in [6, 6.07) is 8.61. The Hall–Kier alpha value is -1.35. The van der Waals surface area contributed by atoms with E-state index in [1.54, 1.807) is 0 Å². The van der Waals surface area contributed by atoms with Crippen molar-refractivity contribution in [3.05, 3.63) is 35.4 Å². The van der Waals surface area contributed by atoms with E-state index in [0.29, 0.717) is 12.0 Å². The molecule has 3 heteroatoms. The molecule has 0 radical (unpaired) electrons. The lowest BCUT2D eigenvalue weighted by Crippen LogP contribution is -2.50. The molecule has 1 saturated carbocycles. The Labute approximate surface area is 108 Å². The second-order valence-electron chi connectivity index (χ2n) is 5.54. The number of amides is 1. The van der Waals surface area contributed by atoms with Crippen LogP contribution in [0.5, 0.6) is 0 Å². The van der Waals surface area contributed by atoms with Gasteiger partial charge in [-0.15, -0.1) is 0 Å². The maximum absolute atomic E-state index is 12.2. The average molecular weight is 244 g/mol. The van der Waals surface area contributed by atoms with E-state index in [1.165, 1.54) is 24.0 Å². The number of rotatable bonds is 3. The highest BCUT2D eigenvalue weighted by atomic mass is 16.2. The van der Waals surface area contributed by atoms with Gasteiger partial charge in [-0.25, -0.2) is 0 Å². The third-order valence-corrected chi connectivity index (χ3v) is 4.10. The van der Waals surface area contributed by atoms with Crippen molar-refractivity contribution in [2.45, 2.75) is 44.8 Å². The molecular weight excluding hydrogens is 224 g/mol. The summed E-state index contributed by atoms with van der Waals surface area (Å²) < 4.78 is 0. The molecule has 96 valence electrons. The van der Waals surface area contributed by atoms with E-state index in [1.807, 2.05) is 6.07 Å². The van der Waals surface area contributed by atoms with Gasteiger partial charge in [0.25, 0.3) is 0 Å². The summed E-state index contributed by atoms with van der Waals surface area (Å²) in [6.45, 7) is 2.92. The van der Waals surface area contributed by atoms with Gasteiger partial charge in [-0.1, -0.05) is 24.3 Å². The number of carbonyl (C=O) groups is 1. The summed E-state index contributed by atoms with van der Waals surface area (Å²) in [6.07, 6.45) is 3.34. The van der Waals surface area contributed by atoms with Crippen LogP contribution in [0.15, 0.2) is 24.3 Å². The van der Waals surface area contributed by atoms with Gasteiger partial charge in [0.1, 0.15) is 0 Å². The van der Waals surface area contributed by atoms with Gasteiger partial charge >= 0.3 is 0 Å². The summed E-state index contributed by atoms with van der Waals surface area (Å²) in [5.41, 5.74) is 2.62. The Morgan fingerprint density at radius 3 is 2.78 bits per heavy atom. The molecule has 1 aromatic rings. The lowest BCUT2D eigenvalue weighted by Gasteiger charge is -2.26. The Morgan fingerprint density at radius 1 is 1.33 bits per heavy atom. The fourth-order valence-corrected chi connectivity index (χ4v) is 2.68. The molecule has 2 atom stereocenters. The molecule has 0 aromatic heterocycles. The monoisotopic (exact) mass is 244 g/mol. The van der Waals surface area contributed by atoms with E-state index in [-0.39, 0.29) is 11.9 Å². The van der Waals surface area contributed by atoms with E-state index >= 15 is 0 Å². The summed E-state index contributed by atoms with van der Waals surface area (Å²) in [5.74, 6) is 0.869. The summed E-state index contributed by atoms with van der Waals surface area (Å²) >= 11 is 0. The highest BCUT2D eigenvalue weighted by Crippen LogP contribution is 2.32. The number of carbonyl (C=O) groups excluding carboxylic acids is 1. The van der Waals surface area contributed by atoms with Crippen LogP contribution in [-0.2, 0) is 17.8 Å². The molecular formula is C15H20N2O. The van der Waals surface area contributed by atoms with Crippen molar-refractivity contribution in [3.8, 4) is 0 Å². The largest absolute Gasteiger partial charge is 0.352 e. The van der Waals surface area contributed by atoms with Crippen LogP contribution in [0, 0.1) is 5.92 Å². The second-order valence-corrected chi connectivity index (χ2v) is 5.54. The first-order chi connectivity index (χ1) is 8.74. The molecule has 1 aromatic carbocycles. The average Bonchev–Trinajstić information content (AvgIpc) is 3.22. The molecule has 0 bridgehead atoms. The summed E-state index contributed by atoms with van der Waals surface area (Å²) in [5, 5.41) is 6.47. The molecule has 0 saturated heterocycles. The molecule has 3 rings (SSSR count). The van der Waals surface area contributed by atoms with E-state index in [0.717, 1.165) is 13.0 Å². The fourth-order valence-electron chi connectivity index (χ4n) is 2.68. The van der Waals surface area contributed by atoms with Crippen LogP contribution in [0.2, 0.25) is 0 Å². The van der Waals surface area contributed by atoms with E-state index in [9.17, 15) is 4.79 Å². The van der Waals surface area contributed by atoms with Crippen LogP contribution >= 0.6 is 0 Å². The standard InChI is InChI=1S/C15H20N2O/c1-10(11-6-7-11)17-15(18)14-8-12-4-2-3-5-13(12)9-16-14/h2-5,10-11,14,16H,6-9H2,1H3,(H,17,18). The maximum Gasteiger partial charge on any atom is 0.237 e. The van der Waals surface area contributed by atoms with Crippen molar-refractivity contribution in [1.82, 2.24) is 10.6 Å². The Morgan fingerprint density at radius 2 is 2.06 bits per heavy atom. The summed E-state index contributed by atoms with van der Waals surface area (Å²) in [4.78, 5) is 12.2. The van der Waals surface area contributed by atoms with E-state index in [4.69, 9.17) is 0 Å². The molecule has 1 heterocycles. The zero-order valence-electron chi connectivity index (χ0n) is 10.8. The SMILES string of the molecule is CC(NC(=O)C1Cc2ccccc2CN1)C1CC1. The van der Waals surface area contributed by atoms with E-state index < -0.39 is 0 Å². The van der Waals surface area contributed by atoms with Gasteiger partial charge in [-0.2, -0.15) is 0 Å². The lowest BCUT2D eigenvalue weighted by atomic mass is 9.95. The highest BCUT2D eigenvalue weighted by Gasteiger charge is 2.31. The van der Waals surface area contributed by atoms with Crippen LogP contribution in [0.1, 0.15) is 30.9 Å². The highest BCUT2D eigenvalue weighted by molar-refractivity contribution is 5.82. The predicted octanol–water partition coefficient (Wildman–Crippen LogP) is 1.62. The number of fused-ring (bicyclic) bond motifs is 1. The maximum atomic E-state index is 12.2. The molecule has 1 fully saturated rings. The second kappa shape index (κ2) is 4.73. The predicted molar refractivity (Wildman–Crippen MR) is 71.1 cm³/mol. The van der Waals surface area contributed by atoms with Crippen molar-refractivity contribution < 1.29 is 4.79 Å². The van der Waals surface area contributed by atoms with Crippen molar-refractivity contribution in [1.29, 1.82) is 0 Å². The topological polar surface area (TPSA) is 41.1 Å². The third kappa shape index (κ3) is 2.41. The summed E-state index contributed by atoms with van der Waals surface area (Å²) in [7, 11) is 0. The number of nitrogens with one attached hydrogen (secondary N) is 2. The zero-order chi connectivity index (χ0) is 12.5. The van der Waals surface area contributed by atoms with Gasteiger partial charge in [-0.3, -0.25) is 4.79 Å². The number of hydrogen-bond acceptors (Lipinski definition) is 2. The minimum absolute atomic E-state index is 0.0684. The molecule has 2 unspecified atom stereocenters. The van der Waals surface area contributed by atoms with Crippen LogP contribution < -0.4 is 10.6 Å². The minimum atomic E-state index is -0.0684. The van der Waals surface area contributed by atoms with E-state index in [2.05, 4.69) is 35.8 Å². The molecule has 1 amide bonds. The van der Waals surface area contributed by atoms with Crippen molar-refractivity contribution in [3.63, 3.8) is 0 Å². The van der Waals surface area contributed by atoms with Crippen molar-refractivity contribution in [2.75, 3.05) is 0 Å². The van der Waals surface area contributed by atoms with Gasteiger partial charge in [0, 0.05) is 12.6 Å². The number of benzene rings is 1. The van der Waals surface area contributed by atoms with Gasteiger partial charge in [0.05, 0.1) is 6.04 Å². The van der Waals surface area contributed by atoms with Gasteiger partial charge in [0.15, 0.2) is 0 Å². The van der Waals surface area contributed by atoms with Crippen LogP contribution in [0.4, 0.5) is 0 Å². The molecule has 1 aliphatic heterocycles. The first-order valence-electron chi connectivity index (χ1n) is 6.84. The minimum Gasteiger partial charge on any atom is -0.352 e. The Balaban J connectivity index is 1.62. The molecule has 3 nitrogen and oxygen atoms in total.